The number of nitrogens with one attached hydrogen (secondary N) is 6. The third kappa shape index (κ3) is 24.6. The van der Waals surface area contributed by atoms with Crippen molar-refractivity contribution >= 4 is 88.8 Å². The van der Waals surface area contributed by atoms with Crippen LogP contribution in [-0.2, 0) is 67.8 Å². The van der Waals surface area contributed by atoms with Crippen LogP contribution in [0.1, 0.15) is 203 Å². The molecule has 4 aromatic carbocycles. The number of aliphatic hydroxyl groups excluding tert-OH is 1. The molecule has 3 aliphatic heterocycles. The zero-order chi connectivity index (χ0) is 94.1. The molecule has 3 aliphatic rings. The molecule has 1 saturated heterocycles. The molecule has 33 heteroatoms. The molecular formula is C93H133N13O20. The predicted octanol–water partition coefficient (Wildman–Crippen LogP) is 6.56. The van der Waals surface area contributed by atoms with Gasteiger partial charge in [-0.25, -0.2) is 4.79 Å². The maximum atomic E-state index is 15.6. The number of likely N-dealkylation sites (N-methyl/N-ethyl adjacent to an activating group) is 7. The highest BCUT2D eigenvalue weighted by atomic mass is 16.6. The molecular weight excluding hydrogens is 1620 g/mol. The van der Waals surface area contributed by atoms with Gasteiger partial charge in [-0.05, 0) is 148 Å². The van der Waals surface area contributed by atoms with E-state index < -0.39 is 179 Å². The lowest BCUT2D eigenvalue weighted by atomic mass is 9.77. The second-order valence-electron chi connectivity index (χ2n) is 36.0. The first-order chi connectivity index (χ1) is 59.1. The van der Waals surface area contributed by atoms with E-state index in [9.17, 15) is 63.3 Å². The third-order valence-electron chi connectivity index (χ3n) is 23.4. The van der Waals surface area contributed by atoms with E-state index in [1.165, 1.54) is 118 Å². The fourth-order valence-electron chi connectivity index (χ4n) is 16.1. The summed E-state index contributed by atoms with van der Waals surface area (Å²) in [6, 6.07) is 6.94. The minimum Gasteiger partial charge on any atom is -0.508 e. The highest BCUT2D eigenvalue weighted by Crippen LogP contribution is 2.57. The van der Waals surface area contributed by atoms with Crippen LogP contribution in [0.4, 0.5) is 0 Å². The molecule has 0 radical (unpaired) electrons. The lowest BCUT2D eigenvalue weighted by Crippen LogP contribution is -2.63. The number of aromatic hydroxyl groups is 2. The van der Waals surface area contributed by atoms with Gasteiger partial charge in [-0.3, -0.25) is 62.3 Å². The maximum absolute atomic E-state index is 15.6. The Kier molecular flexibility index (Phi) is 36.0. The molecule has 13 amide bonds. The molecule has 33 nitrogen and oxygen atoms in total. The number of amides is 13. The second kappa shape index (κ2) is 44.6. The second-order valence-corrected chi connectivity index (χ2v) is 36.0. The Labute approximate surface area is 740 Å². The Hall–Kier alpha value is -11.5. The number of phenols is 2. The standard InChI is InChI=1S/C93H133N13O20/c1-24-68-87(118)100(17)49-75(109)101(18)69(42-50(2)3)84(115)99-76(54(10)11)90(121)102(19)70(43-51(4)5)83(114)96-57(15)80(111)97-58(16)86(117)103(20)71(44-52(6)7)88(119)104(21)72(45-53(8)9)89(120)105(22)77(55(12)13)91(122)106(23)78(85(116)98-68)79(110)56(14)26-25-27-59-28-30-60(31-29-59)81(112)94-38-40-124-41-39-95-82(113)61-32-35-65-64(46-61)92(123)126-93(65)66-36-33-62(107)47-73(66)125-74-48-63(108)34-37-67(74)93/h25,27-37,46-48,50-58,68-72,76-79,107-108,110H,24,26,38-45,49H2,1-23H3,(H,94,112)(H,95,113)(H,96,114)(H,97,111)(H,98,116)(H,99,115)/b27-25+/t56-,57?,58-,68+,69+,70+,71+,72?,76+,77+,78+,79-/m1/s1. The van der Waals surface area contributed by atoms with Gasteiger partial charge < -0.3 is 95.7 Å². The van der Waals surface area contributed by atoms with Crippen molar-refractivity contribution in [3.63, 3.8) is 0 Å². The van der Waals surface area contributed by atoms with Crippen LogP contribution < -0.4 is 36.6 Å². The molecule has 3 heterocycles. The van der Waals surface area contributed by atoms with E-state index in [1.807, 2.05) is 55.4 Å². The Morgan fingerprint density at radius 1 is 0.500 bits per heavy atom. The molecule has 690 valence electrons. The number of carbonyl (C=O) groups is 14. The average Bonchev–Trinajstić information content (AvgIpc) is 1.53. The zero-order valence-electron chi connectivity index (χ0n) is 77.2. The Bertz CT molecular complexity index is 4590. The highest BCUT2D eigenvalue weighted by Gasteiger charge is 2.55. The molecule has 0 saturated carbocycles. The van der Waals surface area contributed by atoms with E-state index in [1.54, 1.807) is 102 Å². The topological polar surface area (TPSA) is 422 Å². The number of carbonyl (C=O) groups excluding carboxylic acids is 14. The largest absolute Gasteiger partial charge is 0.508 e. The van der Waals surface area contributed by atoms with Gasteiger partial charge in [0.2, 0.25) is 65.0 Å². The van der Waals surface area contributed by atoms with Crippen LogP contribution in [0, 0.1) is 41.4 Å². The van der Waals surface area contributed by atoms with E-state index >= 15 is 19.2 Å². The fourth-order valence-corrected chi connectivity index (χ4v) is 16.1. The number of rotatable bonds is 24. The molecule has 126 heavy (non-hydrogen) atoms. The normalized spacial score (nSPS) is 22.8. The number of fused-ring (bicyclic) bond motifs is 6. The molecule has 12 atom stereocenters. The van der Waals surface area contributed by atoms with Crippen molar-refractivity contribution < 1.29 is 96.7 Å². The van der Waals surface area contributed by atoms with Crippen molar-refractivity contribution in [2.24, 2.45) is 41.4 Å². The highest BCUT2D eigenvalue weighted by molar-refractivity contribution is 6.03. The van der Waals surface area contributed by atoms with Crippen LogP contribution in [0.2, 0.25) is 0 Å². The lowest BCUT2D eigenvalue weighted by molar-refractivity contribution is -0.157. The first-order valence-electron chi connectivity index (χ1n) is 43.5. The summed E-state index contributed by atoms with van der Waals surface area (Å²) in [6.07, 6.45) is 2.25. The number of esters is 1. The summed E-state index contributed by atoms with van der Waals surface area (Å²) in [5.74, 6) is -12.2. The Morgan fingerprint density at radius 2 is 0.960 bits per heavy atom. The van der Waals surface area contributed by atoms with Crippen molar-refractivity contribution in [3.8, 4) is 23.0 Å². The van der Waals surface area contributed by atoms with Gasteiger partial charge in [-0.1, -0.05) is 127 Å². The monoisotopic (exact) mass is 1750 g/mol. The van der Waals surface area contributed by atoms with Gasteiger partial charge in [0.1, 0.15) is 83.4 Å². The molecule has 2 unspecified atom stereocenters. The van der Waals surface area contributed by atoms with Gasteiger partial charge in [0, 0.05) is 102 Å². The summed E-state index contributed by atoms with van der Waals surface area (Å²) in [5, 5.41) is 49.8. The first kappa shape index (κ1) is 102. The number of hydrogen-bond acceptors (Lipinski definition) is 20. The number of ether oxygens (including phenoxy) is 3. The van der Waals surface area contributed by atoms with Gasteiger partial charge in [-0.2, -0.15) is 0 Å². The maximum Gasteiger partial charge on any atom is 0.340 e. The van der Waals surface area contributed by atoms with Crippen molar-refractivity contribution in [2.45, 2.75) is 221 Å². The average molecular weight is 1750 g/mol. The predicted molar refractivity (Wildman–Crippen MR) is 473 cm³/mol. The molecule has 9 N–H and O–H groups in total. The van der Waals surface area contributed by atoms with Gasteiger partial charge in [0.15, 0.2) is 5.60 Å². The van der Waals surface area contributed by atoms with E-state index in [2.05, 4.69) is 31.9 Å². The van der Waals surface area contributed by atoms with Crippen molar-refractivity contribution in [1.82, 2.24) is 66.2 Å². The molecule has 0 bridgehead atoms. The number of nitrogens with zero attached hydrogens (tertiary/aromatic N) is 7. The molecule has 7 rings (SSSR count). The number of phenolic OH excluding ortho intramolecular Hbond substituents is 2. The number of hydrogen-bond donors (Lipinski definition) is 9. The van der Waals surface area contributed by atoms with Crippen LogP contribution in [0.3, 0.4) is 0 Å². The Morgan fingerprint density at radius 3 is 1.48 bits per heavy atom. The van der Waals surface area contributed by atoms with Crippen LogP contribution in [0.5, 0.6) is 23.0 Å². The van der Waals surface area contributed by atoms with Crippen LogP contribution >= 0.6 is 0 Å². The Balaban J connectivity index is 1.09. The van der Waals surface area contributed by atoms with Gasteiger partial charge in [0.25, 0.3) is 11.8 Å². The quantitative estimate of drug-likeness (QED) is 0.0265. The summed E-state index contributed by atoms with van der Waals surface area (Å²) in [5.41, 5.74) is 1.08. The van der Waals surface area contributed by atoms with E-state index in [0.717, 1.165) is 9.80 Å². The summed E-state index contributed by atoms with van der Waals surface area (Å²) < 4.78 is 17.9. The minimum absolute atomic E-state index is 0.0589. The van der Waals surface area contributed by atoms with E-state index in [4.69, 9.17) is 14.2 Å². The van der Waals surface area contributed by atoms with Gasteiger partial charge in [0.05, 0.1) is 31.4 Å². The third-order valence-corrected chi connectivity index (χ3v) is 23.4. The number of allylic oxidation sites excluding steroid dienone is 1. The number of benzene rings is 4. The van der Waals surface area contributed by atoms with Crippen LogP contribution in [-0.4, -0.2) is 281 Å². The smallest absolute Gasteiger partial charge is 0.340 e. The fraction of sp³-hybridized carbons (Fsp3) is 0.570. The summed E-state index contributed by atoms with van der Waals surface area (Å²) in [4.78, 5) is 212. The summed E-state index contributed by atoms with van der Waals surface area (Å²) in [6.45, 7) is 27.4. The number of aliphatic hydroxyl groups is 1. The van der Waals surface area contributed by atoms with Crippen LogP contribution in [0.15, 0.2) is 84.9 Å². The summed E-state index contributed by atoms with van der Waals surface area (Å²) >= 11 is 0. The summed E-state index contributed by atoms with van der Waals surface area (Å²) in [7, 11) is 9.73. The van der Waals surface area contributed by atoms with Gasteiger partial charge in [-0.15, -0.1) is 0 Å². The molecule has 1 spiro atoms. The lowest BCUT2D eigenvalue weighted by Gasteiger charge is -2.41. The minimum atomic E-state index is -1.77. The molecule has 4 aromatic rings. The SMILES string of the molecule is CC[C@@H]1NC(=O)[C@H]([C@H](O)[C@H](C)C/C=C/c2ccc(C(=O)NCCOCCNC(=O)c3ccc4c(c3)C(=O)OC43c4ccc(O)cc4Oc4cc(O)ccc43)cc2)N(C)C(=O)[C@H](C(C)C)N(C)C(=O)C(CC(C)C)N(C)C(=O)[C@H](CC(C)C)N(C)C(=O)[C@@H](C)NC(=O)C(C)NC(=O)[C@H](CC(C)C)N(C)C(=O)[C@H](C(C)C)NC(=O)[C@H](CC(C)C)N(C)C(=O)CN(C)C1=O. The van der Waals surface area contributed by atoms with Crippen molar-refractivity contribution in [2.75, 3.05) is 82.2 Å². The first-order valence-corrected chi connectivity index (χ1v) is 43.5. The molecule has 0 aromatic heterocycles. The van der Waals surface area contributed by atoms with E-state index in [0.29, 0.717) is 27.8 Å². The van der Waals surface area contributed by atoms with Crippen molar-refractivity contribution in [1.29, 1.82) is 0 Å². The van der Waals surface area contributed by atoms with Crippen molar-refractivity contribution in [3.05, 3.63) is 124 Å². The van der Waals surface area contributed by atoms with E-state index in [-0.39, 0.29) is 123 Å². The zero-order valence-corrected chi connectivity index (χ0v) is 77.2. The van der Waals surface area contributed by atoms with Gasteiger partial charge >= 0.3 is 5.97 Å². The molecule has 1 fully saturated rings. The van der Waals surface area contributed by atoms with Crippen LogP contribution in [0.25, 0.3) is 6.08 Å². The molecule has 0 aliphatic carbocycles.